The van der Waals surface area contributed by atoms with Crippen molar-refractivity contribution in [2.75, 3.05) is 31.1 Å². The molecule has 2 aromatic carbocycles. The highest BCUT2D eigenvalue weighted by atomic mass is 32.2. The molecule has 0 unspecified atom stereocenters. The Morgan fingerprint density at radius 3 is 2.50 bits per heavy atom. The number of sulfonamides is 1. The van der Waals surface area contributed by atoms with Gasteiger partial charge in [-0.25, -0.2) is 13.2 Å². The van der Waals surface area contributed by atoms with Crippen molar-refractivity contribution in [1.29, 1.82) is 0 Å². The van der Waals surface area contributed by atoms with Gasteiger partial charge in [-0.3, -0.25) is 4.79 Å². The van der Waals surface area contributed by atoms with E-state index < -0.39 is 22.6 Å². The maximum Gasteiger partial charge on any atom is 0.338 e. The molecule has 0 N–H and O–H groups in total. The standard InChI is InChI=1S/C24H28N2O5S/c1-18-11-12-20(32(29,30)25-13-5-2-6-14-25)16-21(18)24(28)31-17-23(27)26-15-7-9-19-8-3-4-10-22(19)26/h3-4,8,10-12,16H,2,5-7,9,13-15,17H2,1H3. The predicted molar refractivity (Wildman–Crippen MR) is 121 cm³/mol. The second-order valence-corrected chi connectivity index (χ2v) is 10.2. The fourth-order valence-corrected chi connectivity index (χ4v) is 5.86. The first-order valence-corrected chi connectivity index (χ1v) is 12.5. The summed E-state index contributed by atoms with van der Waals surface area (Å²) in [6.45, 7) is 2.88. The summed E-state index contributed by atoms with van der Waals surface area (Å²) in [7, 11) is -3.67. The summed E-state index contributed by atoms with van der Waals surface area (Å²) in [4.78, 5) is 27.2. The molecular formula is C24H28N2O5S. The lowest BCUT2D eigenvalue weighted by atomic mass is 10.0. The van der Waals surface area contributed by atoms with Crippen molar-refractivity contribution < 1.29 is 22.7 Å². The molecule has 2 aliphatic rings. The number of esters is 1. The Morgan fingerprint density at radius 1 is 0.969 bits per heavy atom. The summed E-state index contributed by atoms with van der Waals surface area (Å²) in [6, 6.07) is 12.2. The molecule has 0 saturated carbocycles. The van der Waals surface area contributed by atoms with Crippen LogP contribution in [0.2, 0.25) is 0 Å². The van der Waals surface area contributed by atoms with E-state index in [-0.39, 0.29) is 16.4 Å². The molecule has 170 valence electrons. The maximum absolute atomic E-state index is 13.0. The number of hydrogen-bond acceptors (Lipinski definition) is 5. The maximum atomic E-state index is 13.0. The number of anilines is 1. The van der Waals surface area contributed by atoms with E-state index in [1.54, 1.807) is 17.9 Å². The van der Waals surface area contributed by atoms with Crippen molar-refractivity contribution in [3.8, 4) is 0 Å². The fourth-order valence-electron chi connectivity index (χ4n) is 4.31. The highest BCUT2D eigenvalue weighted by molar-refractivity contribution is 7.89. The number of piperidine rings is 1. The molecule has 8 heteroatoms. The average molecular weight is 457 g/mol. The zero-order valence-corrected chi connectivity index (χ0v) is 19.1. The number of rotatable bonds is 5. The summed E-state index contributed by atoms with van der Waals surface area (Å²) in [5, 5.41) is 0. The lowest BCUT2D eigenvalue weighted by molar-refractivity contribution is -0.121. The highest BCUT2D eigenvalue weighted by Crippen LogP contribution is 2.27. The Hall–Kier alpha value is -2.71. The van der Waals surface area contributed by atoms with E-state index in [0.29, 0.717) is 25.2 Å². The Labute approximate surface area is 189 Å². The van der Waals surface area contributed by atoms with Crippen LogP contribution in [0.25, 0.3) is 0 Å². The van der Waals surface area contributed by atoms with Crippen molar-refractivity contribution in [3.63, 3.8) is 0 Å². The number of carbonyl (C=O) groups excluding carboxylic acids is 2. The van der Waals surface area contributed by atoms with Crippen LogP contribution >= 0.6 is 0 Å². The smallest absolute Gasteiger partial charge is 0.338 e. The Kier molecular flexibility index (Phi) is 6.62. The molecule has 0 atom stereocenters. The Balaban J connectivity index is 1.47. The van der Waals surface area contributed by atoms with Gasteiger partial charge >= 0.3 is 5.97 Å². The normalized spacial score (nSPS) is 17.0. The van der Waals surface area contributed by atoms with E-state index in [1.807, 2.05) is 24.3 Å². The van der Waals surface area contributed by atoms with Gasteiger partial charge in [0.2, 0.25) is 10.0 Å². The minimum atomic E-state index is -3.67. The largest absolute Gasteiger partial charge is 0.452 e. The summed E-state index contributed by atoms with van der Waals surface area (Å²) < 4.78 is 32.7. The quantitative estimate of drug-likeness (QED) is 0.645. The summed E-state index contributed by atoms with van der Waals surface area (Å²) in [6.07, 6.45) is 4.46. The second kappa shape index (κ2) is 9.42. The molecule has 2 aliphatic heterocycles. The van der Waals surface area contributed by atoms with Gasteiger partial charge in [0.15, 0.2) is 6.61 Å². The molecule has 0 radical (unpaired) electrons. The van der Waals surface area contributed by atoms with Crippen molar-refractivity contribution in [2.24, 2.45) is 0 Å². The number of nitrogens with zero attached hydrogens (tertiary/aromatic N) is 2. The van der Waals surface area contributed by atoms with Crippen LogP contribution in [0, 0.1) is 6.92 Å². The van der Waals surface area contributed by atoms with E-state index in [4.69, 9.17) is 4.74 Å². The monoisotopic (exact) mass is 456 g/mol. The third kappa shape index (κ3) is 4.56. The van der Waals surface area contributed by atoms with Gasteiger partial charge in [0, 0.05) is 25.3 Å². The Morgan fingerprint density at radius 2 is 1.72 bits per heavy atom. The molecule has 1 fully saturated rings. The van der Waals surface area contributed by atoms with Gasteiger partial charge in [-0.2, -0.15) is 4.31 Å². The molecule has 0 aromatic heterocycles. The van der Waals surface area contributed by atoms with Gasteiger partial charge < -0.3 is 9.64 Å². The van der Waals surface area contributed by atoms with Crippen LogP contribution in [0.4, 0.5) is 5.69 Å². The van der Waals surface area contributed by atoms with Gasteiger partial charge in [0.05, 0.1) is 10.5 Å². The molecule has 0 spiro atoms. The predicted octanol–water partition coefficient (Wildman–Crippen LogP) is 3.31. The van der Waals surface area contributed by atoms with Crippen LogP contribution in [0.5, 0.6) is 0 Å². The molecule has 1 saturated heterocycles. The fraction of sp³-hybridized carbons (Fsp3) is 0.417. The number of aryl methyl sites for hydroxylation is 2. The van der Waals surface area contributed by atoms with Crippen LogP contribution < -0.4 is 4.90 Å². The molecular weight excluding hydrogens is 428 g/mol. The topological polar surface area (TPSA) is 84.0 Å². The van der Waals surface area contributed by atoms with E-state index in [9.17, 15) is 18.0 Å². The van der Waals surface area contributed by atoms with Gasteiger partial charge in [-0.15, -0.1) is 0 Å². The van der Waals surface area contributed by atoms with Gasteiger partial charge in [0.1, 0.15) is 0 Å². The first-order valence-electron chi connectivity index (χ1n) is 11.0. The van der Waals surface area contributed by atoms with Crippen LogP contribution in [0.1, 0.15) is 47.2 Å². The van der Waals surface area contributed by atoms with Gasteiger partial charge in [-0.1, -0.05) is 30.7 Å². The third-order valence-electron chi connectivity index (χ3n) is 6.12. The zero-order valence-electron chi connectivity index (χ0n) is 18.2. The number of ether oxygens (including phenoxy) is 1. The first-order chi connectivity index (χ1) is 15.4. The van der Waals surface area contributed by atoms with Gasteiger partial charge in [-0.05, 0) is 61.9 Å². The second-order valence-electron chi connectivity index (χ2n) is 8.30. The van der Waals surface area contributed by atoms with Crippen LogP contribution in [0.15, 0.2) is 47.4 Å². The molecule has 7 nitrogen and oxygen atoms in total. The number of para-hydroxylation sites is 1. The molecule has 1 amide bonds. The van der Waals surface area contributed by atoms with E-state index in [2.05, 4.69) is 0 Å². The molecule has 2 aromatic rings. The SMILES string of the molecule is Cc1ccc(S(=O)(=O)N2CCCCC2)cc1C(=O)OCC(=O)N1CCCc2ccccc21. The first kappa shape index (κ1) is 22.5. The summed E-state index contributed by atoms with van der Waals surface area (Å²) in [5.41, 5.74) is 2.72. The zero-order chi connectivity index (χ0) is 22.7. The van der Waals surface area contributed by atoms with Crippen molar-refractivity contribution in [1.82, 2.24) is 4.31 Å². The summed E-state index contributed by atoms with van der Waals surface area (Å²) >= 11 is 0. The van der Waals surface area contributed by atoms with Crippen LogP contribution in [-0.2, 0) is 26.0 Å². The average Bonchev–Trinajstić information content (AvgIpc) is 2.82. The number of amides is 1. The van der Waals surface area contributed by atoms with E-state index in [1.165, 1.54) is 16.4 Å². The number of hydrogen-bond donors (Lipinski definition) is 0. The highest BCUT2D eigenvalue weighted by Gasteiger charge is 2.28. The van der Waals surface area contributed by atoms with Crippen LogP contribution in [-0.4, -0.2) is 50.8 Å². The van der Waals surface area contributed by atoms with Crippen molar-refractivity contribution in [2.45, 2.75) is 43.9 Å². The van der Waals surface area contributed by atoms with Crippen molar-refractivity contribution in [3.05, 3.63) is 59.2 Å². The molecule has 4 rings (SSSR count). The molecule has 32 heavy (non-hydrogen) atoms. The summed E-state index contributed by atoms with van der Waals surface area (Å²) in [5.74, 6) is -0.989. The molecule has 0 aliphatic carbocycles. The number of fused-ring (bicyclic) bond motifs is 1. The number of carbonyl (C=O) groups is 2. The minimum absolute atomic E-state index is 0.0771. The lowest BCUT2D eigenvalue weighted by Crippen LogP contribution is -2.38. The molecule has 2 heterocycles. The van der Waals surface area contributed by atoms with Crippen molar-refractivity contribution >= 4 is 27.6 Å². The molecule has 0 bridgehead atoms. The third-order valence-corrected chi connectivity index (χ3v) is 8.01. The Bertz CT molecular complexity index is 1120. The van der Waals surface area contributed by atoms with Crippen LogP contribution in [0.3, 0.4) is 0 Å². The van der Waals surface area contributed by atoms with Gasteiger partial charge in [0.25, 0.3) is 5.91 Å². The lowest BCUT2D eigenvalue weighted by Gasteiger charge is -2.29. The van der Waals surface area contributed by atoms with E-state index >= 15 is 0 Å². The number of benzene rings is 2. The minimum Gasteiger partial charge on any atom is -0.452 e. The van der Waals surface area contributed by atoms with E-state index in [0.717, 1.165) is 43.4 Å².